The monoisotopic (exact) mass is 288 g/mol. The van der Waals surface area contributed by atoms with E-state index in [2.05, 4.69) is 10.1 Å². The highest BCUT2D eigenvalue weighted by Crippen LogP contribution is 2.27. The number of alkyl halides is 3. The van der Waals surface area contributed by atoms with E-state index >= 15 is 0 Å². The molecule has 1 unspecified atom stereocenters. The molecule has 0 spiro atoms. The summed E-state index contributed by atoms with van der Waals surface area (Å²) in [5.41, 5.74) is 0.366. The van der Waals surface area contributed by atoms with Crippen LogP contribution < -0.4 is 15.0 Å². The molecule has 1 fully saturated rings. The summed E-state index contributed by atoms with van der Waals surface area (Å²) >= 11 is 0. The quantitative estimate of drug-likeness (QED) is 0.928. The van der Waals surface area contributed by atoms with Gasteiger partial charge in [-0.05, 0) is 31.5 Å². The highest BCUT2D eigenvalue weighted by atomic mass is 19.4. The Hall–Kier alpha value is -1.76. The number of amides is 1. The molecule has 0 aliphatic carbocycles. The molecule has 0 aromatic heterocycles. The Morgan fingerprint density at radius 3 is 2.80 bits per heavy atom. The van der Waals surface area contributed by atoms with Crippen molar-refractivity contribution in [2.75, 3.05) is 18.5 Å². The number of carbonyl (C=O) groups excluding carboxylic acids is 1. The third-order valence-electron chi connectivity index (χ3n) is 3.13. The van der Waals surface area contributed by atoms with E-state index in [1.165, 1.54) is 30.1 Å². The van der Waals surface area contributed by atoms with Gasteiger partial charge < -0.3 is 15.0 Å². The number of anilines is 1. The van der Waals surface area contributed by atoms with Crippen molar-refractivity contribution in [1.82, 2.24) is 5.32 Å². The van der Waals surface area contributed by atoms with Crippen LogP contribution in [-0.2, 0) is 4.79 Å². The fourth-order valence-electron chi connectivity index (χ4n) is 2.15. The lowest BCUT2D eigenvalue weighted by Crippen LogP contribution is -2.41. The maximum absolute atomic E-state index is 12.2. The standard InChI is InChI=1S/C13H15F3N2O2/c1-18(12(19)11-6-3-7-17-11)9-4-2-5-10(8-9)20-13(14,15)16/h2,4-5,8,11,17H,3,6-7H2,1H3. The van der Waals surface area contributed by atoms with E-state index in [-0.39, 0.29) is 17.7 Å². The smallest absolute Gasteiger partial charge is 0.406 e. The Labute approximate surface area is 114 Å². The topological polar surface area (TPSA) is 41.6 Å². The molecule has 1 atom stereocenters. The van der Waals surface area contributed by atoms with Gasteiger partial charge >= 0.3 is 6.36 Å². The van der Waals surface area contributed by atoms with Gasteiger partial charge in [0.1, 0.15) is 5.75 Å². The summed E-state index contributed by atoms with van der Waals surface area (Å²) < 4.78 is 40.3. The van der Waals surface area contributed by atoms with Crippen LogP contribution in [0, 0.1) is 0 Å². The summed E-state index contributed by atoms with van der Waals surface area (Å²) in [5, 5.41) is 3.06. The van der Waals surface area contributed by atoms with Crippen LogP contribution in [0.2, 0.25) is 0 Å². The van der Waals surface area contributed by atoms with Crippen molar-refractivity contribution >= 4 is 11.6 Å². The minimum atomic E-state index is -4.74. The summed E-state index contributed by atoms with van der Waals surface area (Å²) in [6.07, 6.45) is -3.09. The highest BCUT2D eigenvalue weighted by Gasteiger charge is 2.31. The van der Waals surface area contributed by atoms with Crippen LogP contribution in [0.25, 0.3) is 0 Å². The lowest BCUT2D eigenvalue weighted by atomic mass is 10.2. The first-order valence-electron chi connectivity index (χ1n) is 6.23. The molecule has 0 bridgehead atoms. The third kappa shape index (κ3) is 3.63. The second-order valence-corrected chi connectivity index (χ2v) is 4.59. The van der Waals surface area contributed by atoms with Crippen LogP contribution in [0.4, 0.5) is 18.9 Å². The van der Waals surface area contributed by atoms with Gasteiger partial charge in [0, 0.05) is 18.8 Å². The zero-order chi connectivity index (χ0) is 14.8. The van der Waals surface area contributed by atoms with E-state index in [1.807, 2.05) is 0 Å². The fourth-order valence-corrected chi connectivity index (χ4v) is 2.15. The first-order chi connectivity index (χ1) is 9.37. The molecule has 7 heteroatoms. The van der Waals surface area contributed by atoms with E-state index in [4.69, 9.17) is 0 Å². The van der Waals surface area contributed by atoms with Crippen molar-refractivity contribution < 1.29 is 22.7 Å². The number of hydrogen-bond donors (Lipinski definition) is 1. The Morgan fingerprint density at radius 1 is 1.45 bits per heavy atom. The molecule has 2 rings (SSSR count). The predicted octanol–water partition coefficient (Wildman–Crippen LogP) is 2.30. The van der Waals surface area contributed by atoms with Gasteiger partial charge in [0.25, 0.3) is 0 Å². The van der Waals surface area contributed by atoms with Crippen LogP contribution in [0.5, 0.6) is 5.75 Å². The summed E-state index contributed by atoms with van der Waals surface area (Å²) in [4.78, 5) is 13.5. The molecule has 0 radical (unpaired) electrons. The molecule has 110 valence electrons. The summed E-state index contributed by atoms with van der Waals surface area (Å²) in [6.45, 7) is 0.779. The number of rotatable bonds is 3. The minimum absolute atomic E-state index is 0.161. The fraction of sp³-hybridized carbons (Fsp3) is 0.462. The first-order valence-corrected chi connectivity index (χ1v) is 6.23. The van der Waals surface area contributed by atoms with Crippen molar-refractivity contribution in [1.29, 1.82) is 0 Å². The number of carbonyl (C=O) groups is 1. The molecule has 1 amide bonds. The van der Waals surface area contributed by atoms with Crippen LogP contribution in [0.1, 0.15) is 12.8 Å². The molecule has 1 aliphatic rings. The number of benzene rings is 1. The molecule has 1 aromatic carbocycles. The Balaban J connectivity index is 2.11. The van der Waals surface area contributed by atoms with Crippen LogP contribution in [0.3, 0.4) is 0 Å². The summed E-state index contributed by atoms with van der Waals surface area (Å²) in [6, 6.07) is 5.11. The highest BCUT2D eigenvalue weighted by molar-refractivity contribution is 5.97. The lowest BCUT2D eigenvalue weighted by molar-refractivity contribution is -0.274. The molecular weight excluding hydrogens is 273 g/mol. The van der Waals surface area contributed by atoms with Gasteiger partial charge in [-0.3, -0.25) is 4.79 Å². The molecule has 4 nitrogen and oxygen atoms in total. The predicted molar refractivity (Wildman–Crippen MR) is 67.6 cm³/mol. The molecule has 1 saturated heterocycles. The molecule has 1 heterocycles. The molecule has 1 aromatic rings. The SMILES string of the molecule is CN(C(=O)C1CCCN1)c1cccc(OC(F)(F)F)c1. The van der Waals surface area contributed by atoms with Crippen molar-refractivity contribution in [3.05, 3.63) is 24.3 Å². The Kier molecular flexibility index (Phi) is 4.17. The number of likely N-dealkylation sites (N-methyl/N-ethyl adjacent to an activating group) is 1. The van der Waals surface area contributed by atoms with E-state index in [9.17, 15) is 18.0 Å². The van der Waals surface area contributed by atoms with Crippen molar-refractivity contribution in [3.8, 4) is 5.75 Å². The maximum atomic E-state index is 12.2. The van der Waals surface area contributed by atoms with E-state index in [0.717, 1.165) is 19.4 Å². The first kappa shape index (κ1) is 14.6. The summed E-state index contributed by atoms with van der Waals surface area (Å²) in [7, 11) is 1.54. The van der Waals surface area contributed by atoms with Gasteiger partial charge in [0.05, 0.1) is 6.04 Å². The van der Waals surface area contributed by atoms with Crippen molar-refractivity contribution in [2.45, 2.75) is 25.2 Å². The normalized spacial score (nSPS) is 18.9. The molecule has 1 N–H and O–H groups in total. The largest absolute Gasteiger partial charge is 0.573 e. The van der Waals surface area contributed by atoms with Gasteiger partial charge in [0.2, 0.25) is 5.91 Å². The number of hydrogen-bond acceptors (Lipinski definition) is 3. The minimum Gasteiger partial charge on any atom is -0.406 e. The molecule has 20 heavy (non-hydrogen) atoms. The zero-order valence-corrected chi connectivity index (χ0v) is 10.9. The van der Waals surface area contributed by atoms with E-state index < -0.39 is 6.36 Å². The van der Waals surface area contributed by atoms with E-state index in [0.29, 0.717) is 5.69 Å². The third-order valence-corrected chi connectivity index (χ3v) is 3.13. The Bertz CT molecular complexity index is 485. The van der Waals surface area contributed by atoms with E-state index in [1.54, 1.807) is 6.07 Å². The number of halogens is 3. The second kappa shape index (κ2) is 5.70. The molecule has 1 aliphatic heterocycles. The van der Waals surface area contributed by atoms with Gasteiger partial charge in [-0.1, -0.05) is 6.07 Å². The lowest BCUT2D eigenvalue weighted by Gasteiger charge is -2.22. The average molecular weight is 288 g/mol. The number of ether oxygens (including phenoxy) is 1. The van der Waals surface area contributed by atoms with Crippen molar-refractivity contribution in [2.24, 2.45) is 0 Å². The number of nitrogens with zero attached hydrogens (tertiary/aromatic N) is 1. The van der Waals surface area contributed by atoms with Crippen LogP contribution in [0.15, 0.2) is 24.3 Å². The zero-order valence-electron chi connectivity index (χ0n) is 10.9. The molecule has 0 saturated carbocycles. The maximum Gasteiger partial charge on any atom is 0.573 e. The van der Waals surface area contributed by atoms with Crippen LogP contribution in [-0.4, -0.2) is 31.9 Å². The Morgan fingerprint density at radius 2 is 2.20 bits per heavy atom. The second-order valence-electron chi connectivity index (χ2n) is 4.59. The van der Waals surface area contributed by atoms with Crippen molar-refractivity contribution in [3.63, 3.8) is 0 Å². The van der Waals surface area contributed by atoms with Gasteiger partial charge in [0.15, 0.2) is 0 Å². The van der Waals surface area contributed by atoms with Crippen LogP contribution >= 0.6 is 0 Å². The average Bonchev–Trinajstić information content (AvgIpc) is 2.89. The molecular formula is C13H15F3N2O2. The number of nitrogens with one attached hydrogen (secondary N) is 1. The summed E-state index contributed by atoms with van der Waals surface area (Å²) in [5.74, 6) is -0.499. The van der Waals surface area contributed by atoms with Gasteiger partial charge in [-0.15, -0.1) is 13.2 Å². The van der Waals surface area contributed by atoms with Gasteiger partial charge in [-0.2, -0.15) is 0 Å². The van der Waals surface area contributed by atoms with Gasteiger partial charge in [-0.25, -0.2) is 0 Å².